The highest BCUT2D eigenvalue weighted by molar-refractivity contribution is 5.78. The van der Waals surface area contributed by atoms with E-state index in [0.29, 0.717) is 13.0 Å². The molecule has 0 atom stereocenters. The normalized spacial score (nSPS) is 10.9. The summed E-state index contributed by atoms with van der Waals surface area (Å²) in [6.07, 6.45) is 2.02. The molecule has 142 valence electrons. The Balaban J connectivity index is 1.72. The van der Waals surface area contributed by atoms with E-state index in [-0.39, 0.29) is 23.6 Å². The SMILES string of the molecule is COc1ccccc1CCNC(=O)Cn1cnc2c1c(=O)n(C)c(=O)n2C. The van der Waals surface area contributed by atoms with Gasteiger partial charge in [-0.1, -0.05) is 18.2 Å². The summed E-state index contributed by atoms with van der Waals surface area (Å²) in [4.78, 5) is 40.7. The summed E-state index contributed by atoms with van der Waals surface area (Å²) in [5.41, 5.74) is 0.535. The Labute approximate surface area is 154 Å². The van der Waals surface area contributed by atoms with Crippen LogP contribution in [0.3, 0.4) is 0 Å². The number of nitrogens with zero attached hydrogens (tertiary/aromatic N) is 4. The summed E-state index contributed by atoms with van der Waals surface area (Å²) >= 11 is 0. The smallest absolute Gasteiger partial charge is 0.332 e. The zero-order valence-corrected chi connectivity index (χ0v) is 15.4. The van der Waals surface area contributed by atoms with Crippen molar-refractivity contribution in [3.05, 3.63) is 57.0 Å². The van der Waals surface area contributed by atoms with E-state index < -0.39 is 11.2 Å². The van der Waals surface area contributed by atoms with Crippen LogP contribution in [0.25, 0.3) is 11.2 Å². The predicted octanol–water partition coefficient (Wildman–Crippen LogP) is -0.199. The van der Waals surface area contributed by atoms with E-state index in [1.165, 1.54) is 29.6 Å². The fraction of sp³-hybridized carbons (Fsp3) is 0.333. The van der Waals surface area contributed by atoms with Gasteiger partial charge in [0.25, 0.3) is 5.56 Å². The van der Waals surface area contributed by atoms with Crippen molar-refractivity contribution in [1.82, 2.24) is 24.0 Å². The third-order valence-electron chi connectivity index (χ3n) is 4.44. The highest BCUT2D eigenvalue weighted by Crippen LogP contribution is 2.17. The number of fused-ring (bicyclic) bond motifs is 1. The van der Waals surface area contributed by atoms with Crippen LogP contribution in [-0.4, -0.2) is 38.2 Å². The van der Waals surface area contributed by atoms with Crippen LogP contribution in [-0.2, 0) is 31.9 Å². The number of imidazole rings is 1. The predicted molar refractivity (Wildman–Crippen MR) is 99.9 cm³/mol. The maximum Gasteiger partial charge on any atom is 0.332 e. The Hall–Kier alpha value is -3.36. The molecular formula is C18H21N5O4. The summed E-state index contributed by atoms with van der Waals surface area (Å²) in [7, 11) is 4.54. The molecule has 0 aliphatic rings. The topological polar surface area (TPSA) is 100 Å². The molecular weight excluding hydrogens is 350 g/mol. The monoisotopic (exact) mass is 371 g/mol. The van der Waals surface area contributed by atoms with E-state index in [9.17, 15) is 14.4 Å². The number of benzene rings is 1. The van der Waals surface area contributed by atoms with E-state index in [4.69, 9.17) is 4.74 Å². The Morgan fingerprint density at radius 1 is 1.19 bits per heavy atom. The quantitative estimate of drug-likeness (QED) is 0.647. The largest absolute Gasteiger partial charge is 0.496 e. The van der Waals surface area contributed by atoms with Crippen molar-refractivity contribution in [1.29, 1.82) is 0 Å². The van der Waals surface area contributed by atoms with Crippen LogP contribution in [0.2, 0.25) is 0 Å². The van der Waals surface area contributed by atoms with Crippen LogP contribution in [0.15, 0.2) is 40.2 Å². The number of para-hydroxylation sites is 1. The maximum absolute atomic E-state index is 12.4. The first-order chi connectivity index (χ1) is 12.9. The molecule has 27 heavy (non-hydrogen) atoms. The van der Waals surface area contributed by atoms with Gasteiger partial charge in [0.15, 0.2) is 11.2 Å². The van der Waals surface area contributed by atoms with Gasteiger partial charge in [0.2, 0.25) is 5.91 Å². The highest BCUT2D eigenvalue weighted by atomic mass is 16.5. The van der Waals surface area contributed by atoms with Gasteiger partial charge >= 0.3 is 5.69 Å². The number of hydrogen-bond acceptors (Lipinski definition) is 5. The van der Waals surface area contributed by atoms with E-state index in [2.05, 4.69) is 10.3 Å². The number of aromatic nitrogens is 4. The molecule has 0 unspecified atom stereocenters. The van der Waals surface area contributed by atoms with Gasteiger partial charge in [-0.3, -0.25) is 18.7 Å². The maximum atomic E-state index is 12.4. The second-order valence-electron chi connectivity index (χ2n) is 6.16. The lowest BCUT2D eigenvalue weighted by Gasteiger charge is -2.10. The van der Waals surface area contributed by atoms with E-state index in [1.807, 2.05) is 24.3 Å². The molecule has 0 spiro atoms. The van der Waals surface area contributed by atoms with Gasteiger partial charge in [0, 0.05) is 20.6 Å². The zero-order valence-electron chi connectivity index (χ0n) is 15.4. The molecule has 0 aliphatic carbocycles. The van der Waals surface area contributed by atoms with E-state index in [1.54, 1.807) is 7.11 Å². The van der Waals surface area contributed by atoms with Gasteiger partial charge in [-0.15, -0.1) is 0 Å². The van der Waals surface area contributed by atoms with Crippen LogP contribution < -0.4 is 21.3 Å². The molecule has 9 nitrogen and oxygen atoms in total. The van der Waals surface area contributed by atoms with Gasteiger partial charge < -0.3 is 14.6 Å². The van der Waals surface area contributed by atoms with Gasteiger partial charge in [-0.05, 0) is 18.1 Å². The fourth-order valence-corrected chi connectivity index (χ4v) is 2.97. The van der Waals surface area contributed by atoms with Gasteiger partial charge in [-0.25, -0.2) is 9.78 Å². The average Bonchev–Trinajstić information content (AvgIpc) is 3.08. The van der Waals surface area contributed by atoms with Crippen LogP contribution in [0.4, 0.5) is 0 Å². The number of aryl methyl sites for hydroxylation is 1. The lowest BCUT2D eigenvalue weighted by molar-refractivity contribution is -0.121. The number of amides is 1. The molecule has 0 aliphatic heterocycles. The Morgan fingerprint density at radius 3 is 2.67 bits per heavy atom. The Morgan fingerprint density at radius 2 is 1.93 bits per heavy atom. The van der Waals surface area contributed by atoms with Crippen molar-refractivity contribution >= 4 is 17.1 Å². The van der Waals surface area contributed by atoms with Crippen molar-refractivity contribution in [2.45, 2.75) is 13.0 Å². The summed E-state index contributed by atoms with van der Waals surface area (Å²) in [6, 6.07) is 7.61. The van der Waals surface area contributed by atoms with Gasteiger partial charge in [0.05, 0.1) is 13.4 Å². The van der Waals surface area contributed by atoms with Crippen molar-refractivity contribution in [2.24, 2.45) is 14.1 Å². The zero-order chi connectivity index (χ0) is 19.6. The lowest BCUT2D eigenvalue weighted by Crippen LogP contribution is -2.38. The Bertz CT molecular complexity index is 1110. The fourth-order valence-electron chi connectivity index (χ4n) is 2.97. The molecule has 3 aromatic rings. The number of hydrogen-bond donors (Lipinski definition) is 1. The van der Waals surface area contributed by atoms with E-state index >= 15 is 0 Å². The minimum atomic E-state index is -0.479. The lowest BCUT2D eigenvalue weighted by atomic mass is 10.1. The third-order valence-corrected chi connectivity index (χ3v) is 4.44. The molecule has 2 aromatic heterocycles. The first kappa shape index (κ1) is 18.4. The number of methoxy groups -OCH3 is 1. The van der Waals surface area contributed by atoms with Crippen LogP contribution in [0.1, 0.15) is 5.56 Å². The van der Waals surface area contributed by atoms with Crippen molar-refractivity contribution in [2.75, 3.05) is 13.7 Å². The summed E-state index contributed by atoms with van der Waals surface area (Å²) < 4.78 is 9.03. The second-order valence-corrected chi connectivity index (χ2v) is 6.16. The second kappa shape index (κ2) is 7.48. The summed E-state index contributed by atoms with van der Waals surface area (Å²) in [5.74, 6) is 0.525. The molecule has 1 aromatic carbocycles. The molecule has 2 heterocycles. The highest BCUT2D eigenvalue weighted by Gasteiger charge is 2.15. The minimum absolute atomic E-state index is 0.0597. The van der Waals surface area contributed by atoms with Crippen LogP contribution in [0.5, 0.6) is 5.75 Å². The third kappa shape index (κ3) is 3.48. The number of rotatable bonds is 6. The molecule has 1 N–H and O–H groups in total. The van der Waals surface area contributed by atoms with Crippen molar-refractivity contribution in [3.63, 3.8) is 0 Å². The molecule has 9 heteroatoms. The standard InChI is InChI=1S/C18H21N5O4/c1-21-16-15(17(25)22(2)18(21)26)23(11-20-16)10-14(24)19-9-8-12-6-4-5-7-13(12)27-3/h4-7,11H,8-10H2,1-3H3,(H,19,24). The van der Waals surface area contributed by atoms with Crippen LogP contribution in [0, 0.1) is 0 Å². The molecule has 0 fully saturated rings. The number of nitrogens with one attached hydrogen (secondary N) is 1. The number of ether oxygens (including phenoxy) is 1. The van der Waals surface area contributed by atoms with Gasteiger partial charge in [0.1, 0.15) is 12.3 Å². The minimum Gasteiger partial charge on any atom is -0.496 e. The number of carbonyl (C=O) groups is 1. The summed E-state index contributed by atoms with van der Waals surface area (Å²) in [6.45, 7) is 0.373. The summed E-state index contributed by atoms with van der Waals surface area (Å²) in [5, 5.41) is 2.83. The van der Waals surface area contributed by atoms with E-state index in [0.717, 1.165) is 15.9 Å². The first-order valence-electron chi connectivity index (χ1n) is 8.43. The molecule has 0 radical (unpaired) electrons. The molecule has 0 saturated carbocycles. The number of carbonyl (C=O) groups excluding carboxylic acids is 1. The van der Waals surface area contributed by atoms with Crippen molar-refractivity contribution < 1.29 is 9.53 Å². The molecule has 0 bridgehead atoms. The van der Waals surface area contributed by atoms with Crippen LogP contribution >= 0.6 is 0 Å². The van der Waals surface area contributed by atoms with Crippen molar-refractivity contribution in [3.8, 4) is 5.75 Å². The molecule has 1 amide bonds. The van der Waals surface area contributed by atoms with Gasteiger partial charge in [-0.2, -0.15) is 0 Å². The molecule has 0 saturated heterocycles. The average molecular weight is 371 g/mol. The Kier molecular flexibility index (Phi) is 5.11. The molecule has 3 rings (SSSR count). The first-order valence-corrected chi connectivity index (χ1v) is 8.43.